The molecular formula is C26H44. The molecule has 0 heterocycles. The smallest absolute Gasteiger partial charge is 0.0217 e. The van der Waals surface area contributed by atoms with Crippen LogP contribution in [0.25, 0.3) is 11.1 Å². The van der Waals surface area contributed by atoms with Gasteiger partial charge in [0.05, 0.1) is 0 Å². The van der Waals surface area contributed by atoms with Crippen LogP contribution < -0.4 is 0 Å². The van der Waals surface area contributed by atoms with E-state index in [9.17, 15) is 0 Å². The number of hydrogen-bond acceptors (Lipinski definition) is 0. The van der Waals surface area contributed by atoms with E-state index < -0.39 is 0 Å². The van der Waals surface area contributed by atoms with Gasteiger partial charge in [-0.05, 0) is 47.4 Å². The predicted molar refractivity (Wildman–Crippen MR) is 123 cm³/mol. The van der Waals surface area contributed by atoms with Gasteiger partial charge in [-0.2, -0.15) is 0 Å². The Balaban J connectivity index is 0. The molecule has 0 amide bonds. The van der Waals surface area contributed by atoms with E-state index in [1.165, 1.54) is 30.4 Å². The summed E-state index contributed by atoms with van der Waals surface area (Å²) in [7, 11) is 0. The summed E-state index contributed by atoms with van der Waals surface area (Å²) in [5, 5.41) is 0. The van der Waals surface area contributed by atoms with Crippen molar-refractivity contribution in [1.82, 2.24) is 0 Å². The van der Waals surface area contributed by atoms with E-state index in [-0.39, 0.29) is 14.9 Å². The fraction of sp³-hybridized carbons (Fsp3) is 0.538. The molecule has 0 nitrogen and oxygen atoms in total. The second-order valence-electron chi connectivity index (χ2n) is 6.02. The van der Waals surface area contributed by atoms with E-state index in [4.69, 9.17) is 0 Å². The molecule has 2 aliphatic rings. The maximum Gasteiger partial charge on any atom is 0.0217 e. The standard InChI is InChI=1S/C18H18.3C2H6.2CH4/c1-13-10-11-18(12-13)16-8-4-2-6-14(16)15-7-3-5-9-17(15)18;3*1-2;;/h2-9,13H,10-12H2,1H3;3*1-2H3;2*1H4/t13-;;;;;/m0...../s1. The van der Waals surface area contributed by atoms with Gasteiger partial charge in [0.25, 0.3) is 0 Å². The van der Waals surface area contributed by atoms with Gasteiger partial charge in [0.15, 0.2) is 0 Å². The highest BCUT2D eigenvalue weighted by molar-refractivity contribution is 5.81. The highest BCUT2D eigenvalue weighted by Gasteiger charge is 2.46. The molecule has 26 heavy (non-hydrogen) atoms. The number of benzene rings is 2. The van der Waals surface area contributed by atoms with Crippen LogP contribution >= 0.6 is 0 Å². The lowest BCUT2D eigenvalue weighted by Crippen LogP contribution is -2.20. The summed E-state index contributed by atoms with van der Waals surface area (Å²) >= 11 is 0. The van der Waals surface area contributed by atoms with Gasteiger partial charge in [-0.25, -0.2) is 0 Å². The Morgan fingerprint density at radius 2 is 1.08 bits per heavy atom. The van der Waals surface area contributed by atoms with Gasteiger partial charge in [0.1, 0.15) is 0 Å². The quantitative estimate of drug-likeness (QED) is 0.441. The van der Waals surface area contributed by atoms with Crippen molar-refractivity contribution in [1.29, 1.82) is 0 Å². The first kappa shape index (κ1) is 26.7. The van der Waals surface area contributed by atoms with Crippen molar-refractivity contribution in [3.05, 3.63) is 59.7 Å². The van der Waals surface area contributed by atoms with Gasteiger partial charge in [0.2, 0.25) is 0 Å². The molecule has 1 spiro atoms. The van der Waals surface area contributed by atoms with E-state index >= 15 is 0 Å². The normalized spacial score (nSPS) is 16.7. The molecule has 4 rings (SSSR count). The number of hydrogen-bond donors (Lipinski definition) is 0. The summed E-state index contributed by atoms with van der Waals surface area (Å²) < 4.78 is 0. The van der Waals surface area contributed by atoms with Gasteiger partial charge < -0.3 is 0 Å². The maximum absolute atomic E-state index is 2.40. The minimum atomic E-state index is 0. The lowest BCUT2D eigenvalue weighted by Gasteiger charge is -2.26. The molecule has 148 valence electrons. The highest BCUT2D eigenvalue weighted by Crippen LogP contribution is 2.57. The first-order chi connectivity index (χ1) is 11.8. The number of rotatable bonds is 0. The zero-order chi connectivity index (χ0) is 18.2. The minimum Gasteiger partial charge on any atom is -0.0776 e. The van der Waals surface area contributed by atoms with Crippen LogP contribution in [0.1, 0.15) is 93.7 Å². The Morgan fingerprint density at radius 3 is 1.42 bits per heavy atom. The Labute approximate surface area is 165 Å². The lowest BCUT2D eigenvalue weighted by molar-refractivity contribution is 0.514. The maximum atomic E-state index is 2.40. The predicted octanol–water partition coefficient (Wildman–Crippen LogP) is 9.12. The van der Waals surface area contributed by atoms with Crippen molar-refractivity contribution >= 4 is 0 Å². The van der Waals surface area contributed by atoms with Crippen molar-refractivity contribution in [2.24, 2.45) is 5.92 Å². The first-order valence-electron chi connectivity index (χ1n) is 10.0. The van der Waals surface area contributed by atoms with E-state index in [2.05, 4.69) is 55.5 Å². The van der Waals surface area contributed by atoms with Crippen molar-refractivity contribution in [3.63, 3.8) is 0 Å². The third-order valence-electron chi connectivity index (χ3n) is 4.94. The first-order valence-corrected chi connectivity index (χ1v) is 10.0. The third kappa shape index (κ3) is 4.58. The average molecular weight is 357 g/mol. The monoisotopic (exact) mass is 356 g/mol. The molecule has 0 unspecified atom stereocenters. The van der Waals surface area contributed by atoms with E-state index in [1.54, 1.807) is 11.1 Å². The largest absolute Gasteiger partial charge is 0.0776 e. The fourth-order valence-corrected chi connectivity index (χ4v) is 4.20. The van der Waals surface area contributed by atoms with Gasteiger partial charge in [-0.3, -0.25) is 0 Å². The molecule has 0 bridgehead atoms. The topological polar surface area (TPSA) is 0 Å². The molecule has 1 atom stereocenters. The summed E-state index contributed by atoms with van der Waals surface area (Å²) in [4.78, 5) is 0. The third-order valence-corrected chi connectivity index (χ3v) is 4.94. The molecule has 0 N–H and O–H groups in total. The Morgan fingerprint density at radius 1 is 0.692 bits per heavy atom. The van der Waals surface area contributed by atoms with Crippen LogP contribution in [-0.4, -0.2) is 0 Å². The van der Waals surface area contributed by atoms with Gasteiger partial charge in [-0.1, -0.05) is 112 Å². The van der Waals surface area contributed by atoms with Gasteiger partial charge >= 0.3 is 0 Å². The molecule has 2 aromatic rings. The van der Waals surface area contributed by atoms with Crippen LogP contribution in [0.4, 0.5) is 0 Å². The zero-order valence-corrected chi connectivity index (χ0v) is 16.8. The minimum absolute atomic E-state index is 0. The second-order valence-corrected chi connectivity index (χ2v) is 6.02. The van der Waals surface area contributed by atoms with Crippen molar-refractivity contribution in [2.45, 2.75) is 88.0 Å². The Hall–Kier alpha value is -1.56. The Bertz CT molecular complexity index is 563. The number of fused-ring (bicyclic) bond motifs is 5. The molecular weight excluding hydrogens is 312 g/mol. The SMILES string of the molecule is C.C.CC.CC.CC.C[C@H]1CCC2(C1)c1ccccc1-c1ccccc12. The van der Waals surface area contributed by atoms with E-state index in [0.717, 1.165) is 5.92 Å². The van der Waals surface area contributed by atoms with Crippen LogP contribution in [-0.2, 0) is 5.41 Å². The van der Waals surface area contributed by atoms with Crippen molar-refractivity contribution in [2.75, 3.05) is 0 Å². The van der Waals surface area contributed by atoms with Gasteiger partial charge in [-0.15, -0.1) is 0 Å². The summed E-state index contributed by atoms with van der Waals surface area (Å²) in [6.45, 7) is 14.4. The van der Waals surface area contributed by atoms with Crippen molar-refractivity contribution < 1.29 is 0 Å². The molecule has 0 aliphatic heterocycles. The van der Waals surface area contributed by atoms with Gasteiger partial charge in [0, 0.05) is 5.41 Å². The lowest BCUT2D eigenvalue weighted by atomic mass is 9.76. The molecule has 0 saturated heterocycles. The van der Waals surface area contributed by atoms with Crippen LogP contribution in [0, 0.1) is 5.92 Å². The highest BCUT2D eigenvalue weighted by atomic mass is 14.5. The molecule has 2 aromatic carbocycles. The fourth-order valence-electron chi connectivity index (χ4n) is 4.20. The van der Waals surface area contributed by atoms with Crippen LogP contribution in [0.15, 0.2) is 48.5 Å². The second kappa shape index (κ2) is 12.7. The van der Waals surface area contributed by atoms with Crippen molar-refractivity contribution in [3.8, 4) is 11.1 Å². The molecule has 0 heteroatoms. The van der Waals surface area contributed by atoms with Crippen LogP contribution in [0.5, 0.6) is 0 Å². The van der Waals surface area contributed by atoms with Crippen LogP contribution in [0.3, 0.4) is 0 Å². The average Bonchev–Trinajstić information content (AvgIpc) is 3.21. The summed E-state index contributed by atoms with van der Waals surface area (Å²) in [6.07, 6.45) is 4.01. The summed E-state index contributed by atoms with van der Waals surface area (Å²) in [6, 6.07) is 18.1. The molecule has 1 fully saturated rings. The molecule has 0 aromatic heterocycles. The van der Waals surface area contributed by atoms with Crippen LogP contribution in [0.2, 0.25) is 0 Å². The molecule has 0 radical (unpaired) electrons. The zero-order valence-electron chi connectivity index (χ0n) is 16.8. The van der Waals surface area contributed by atoms with E-state index in [1.807, 2.05) is 41.5 Å². The summed E-state index contributed by atoms with van der Waals surface area (Å²) in [5.74, 6) is 0.851. The van der Waals surface area contributed by atoms with E-state index in [0.29, 0.717) is 5.41 Å². The summed E-state index contributed by atoms with van der Waals surface area (Å²) in [5.41, 5.74) is 6.43. The molecule has 2 aliphatic carbocycles. The molecule has 1 saturated carbocycles. The Kier molecular flexibility index (Phi) is 13.1.